The van der Waals surface area contributed by atoms with Crippen LogP contribution in [-0.4, -0.2) is 104 Å². The highest BCUT2D eigenvalue weighted by Gasteiger charge is 2.46. The van der Waals surface area contributed by atoms with E-state index in [0.717, 1.165) is 5.56 Å². The molecule has 3 heterocycles. The van der Waals surface area contributed by atoms with Crippen LogP contribution in [0.25, 0.3) is 0 Å². The Balaban J connectivity index is 1.42. The zero-order valence-electron chi connectivity index (χ0n) is 24.1. The number of carboxylic acid groups (broad SMARTS) is 1. The number of aryl methyl sites for hydroxylation is 1. The van der Waals surface area contributed by atoms with Gasteiger partial charge in [-0.2, -0.15) is 0 Å². The van der Waals surface area contributed by atoms with E-state index in [-0.39, 0.29) is 72.9 Å². The summed E-state index contributed by atoms with van der Waals surface area (Å²) in [5, 5.41) is 23.5. The lowest BCUT2D eigenvalue weighted by Gasteiger charge is -2.49. The number of rotatable bonds is 14. The first-order valence-corrected chi connectivity index (χ1v) is 16.4. The van der Waals surface area contributed by atoms with Crippen molar-refractivity contribution in [2.45, 2.75) is 61.9 Å². The third-order valence-corrected chi connectivity index (χ3v) is 9.75. The summed E-state index contributed by atoms with van der Waals surface area (Å²) in [5.74, 6) is -2.11. The number of nitrogens with one attached hydrogen (secondary N) is 3. The number of nitrogens with zero attached hydrogens (tertiary/aromatic N) is 3. The van der Waals surface area contributed by atoms with Crippen molar-refractivity contribution in [1.82, 2.24) is 25.4 Å². The van der Waals surface area contributed by atoms with Crippen molar-refractivity contribution < 1.29 is 29.1 Å². The third-order valence-electron chi connectivity index (χ3n) is 7.62. The van der Waals surface area contributed by atoms with Crippen molar-refractivity contribution in [1.29, 1.82) is 5.41 Å². The molecule has 1 aromatic heterocycles. The molecular formula is C29H37N7O6S2. The number of nitrogens with two attached hydrogens (primary N) is 1. The van der Waals surface area contributed by atoms with E-state index in [1.165, 1.54) is 34.2 Å². The van der Waals surface area contributed by atoms with Gasteiger partial charge in [-0.3, -0.25) is 29.4 Å². The summed E-state index contributed by atoms with van der Waals surface area (Å²) in [4.78, 5) is 72.2. The molecule has 6 N–H and O–H groups in total. The van der Waals surface area contributed by atoms with Gasteiger partial charge < -0.3 is 31.3 Å². The van der Waals surface area contributed by atoms with Crippen LogP contribution in [0.1, 0.15) is 47.5 Å². The first-order chi connectivity index (χ1) is 21.1. The Kier molecular flexibility index (Phi) is 11.7. The first kappa shape index (κ1) is 32.9. The molecule has 2 fully saturated rings. The van der Waals surface area contributed by atoms with Crippen molar-refractivity contribution in [2.75, 3.05) is 25.4 Å². The number of carboxylic acids is 1. The highest BCUT2D eigenvalue weighted by atomic mass is 32.2. The number of hydrogen-bond donors (Lipinski definition) is 5. The molecule has 236 valence electrons. The molecule has 0 radical (unpaired) electrons. The number of fused-ring (bicyclic) bond motifs is 1. The smallest absolute Gasteiger partial charge is 0.303 e. The number of thioether (sulfide) groups is 1. The highest BCUT2D eigenvalue weighted by molar-refractivity contribution is 8.00. The lowest BCUT2D eigenvalue weighted by molar-refractivity contribution is -0.156. The molecule has 44 heavy (non-hydrogen) atoms. The number of thiazole rings is 1. The van der Waals surface area contributed by atoms with Crippen molar-refractivity contribution >= 4 is 58.5 Å². The van der Waals surface area contributed by atoms with Gasteiger partial charge in [0, 0.05) is 49.8 Å². The van der Waals surface area contributed by atoms with Crippen LogP contribution in [0, 0.1) is 5.41 Å². The van der Waals surface area contributed by atoms with Gasteiger partial charge in [0.2, 0.25) is 23.5 Å². The molecule has 1 aromatic carbocycles. The Morgan fingerprint density at radius 2 is 1.93 bits per heavy atom. The predicted molar refractivity (Wildman–Crippen MR) is 166 cm³/mol. The van der Waals surface area contributed by atoms with Crippen molar-refractivity contribution in [2.24, 2.45) is 5.73 Å². The minimum atomic E-state index is -1.06. The van der Waals surface area contributed by atoms with Crippen LogP contribution in [0.2, 0.25) is 0 Å². The second kappa shape index (κ2) is 15.7. The zero-order valence-corrected chi connectivity index (χ0v) is 25.8. The molecule has 0 saturated carbocycles. The van der Waals surface area contributed by atoms with E-state index in [1.54, 1.807) is 10.3 Å². The summed E-state index contributed by atoms with van der Waals surface area (Å²) in [6.45, 7) is 0.701. The molecule has 2 aliphatic rings. The van der Waals surface area contributed by atoms with Crippen molar-refractivity contribution in [3.63, 3.8) is 0 Å². The number of ketones is 1. The van der Waals surface area contributed by atoms with Gasteiger partial charge in [0.1, 0.15) is 11.3 Å². The standard InChI is InChI=1S/C29H37N7O6S2/c30-29(31)33-12-4-7-20(25(40)27-32-13-14-43-27)34-26(41)22-16-35-19(17-44-22)15-36(21(28(35)42)9-11-24(38)39)23(37)10-8-18-5-2-1-3-6-18/h1-3,5-6,13-14,19-22H,4,7-12,15-17H2,(H,34,41)(H,38,39)(H4,30,31,33). The molecule has 0 bridgehead atoms. The fourth-order valence-electron chi connectivity index (χ4n) is 5.37. The summed E-state index contributed by atoms with van der Waals surface area (Å²) in [6.07, 6.45) is 2.70. The van der Waals surface area contributed by atoms with E-state index >= 15 is 0 Å². The number of aliphatic carboxylic acids is 1. The van der Waals surface area contributed by atoms with Crippen LogP contribution in [0.3, 0.4) is 0 Å². The van der Waals surface area contributed by atoms with Crippen LogP contribution < -0.4 is 16.4 Å². The highest BCUT2D eigenvalue weighted by Crippen LogP contribution is 2.31. The molecule has 3 amide bonds. The third kappa shape index (κ3) is 8.78. The maximum Gasteiger partial charge on any atom is 0.303 e. The Morgan fingerprint density at radius 1 is 1.16 bits per heavy atom. The Morgan fingerprint density at radius 3 is 2.61 bits per heavy atom. The van der Waals surface area contributed by atoms with E-state index in [9.17, 15) is 29.1 Å². The number of benzene rings is 1. The van der Waals surface area contributed by atoms with Gasteiger partial charge in [0.15, 0.2) is 11.0 Å². The average Bonchev–Trinajstić information content (AvgIpc) is 3.56. The number of amides is 3. The van der Waals surface area contributed by atoms with E-state index in [4.69, 9.17) is 11.1 Å². The van der Waals surface area contributed by atoms with Crippen LogP contribution in [0.5, 0.6) is 0 Å². The largest absolute Gasteiger partial charge is 0.481 e. The molecule has 2 aliphatic heterocycles. The number of hydrogen-bond acceptors (Lipinski definition) is 9. The molecule has 15 heteroatoms. The summed E-state index contributed by atoms with van der Waals surface area (Å²) < 4.78 is 0. The zero-order chi connectivity index (χ0) is 31.6. The minimum absolute atomic E-state index is 0.0167. The van der Waals surface area contributed by atoms with Gasteiger partial charge in [0.05, 0.1) is 12.1 Å². The van der Waals surface area contributed by atoms with Crippen molar-refractivity contribution in [3.05, 3.63) is 52.5 Å². The molecular weight excluding hydrogens is 606 g/mol. The number of carbonyl (C=O) groups excluding carboxylic acids is 4. The molecule has 2 saturated heterocycles. The van der Waals surface area contributed by atoms with Gasteiger partial charge in [0.25, 0.3) is 0 Å². The minimum Gasteiger partial charge on any atom is -0.481 e. The topological polar surface area (TPSA) is 199 Å². The van der Waals surface area contributed by atoms with Gasteiger partial charge in [-0.05, 0) is 31.2 Å². The van der Waals surface area contributed by atoms with Gasteiger partial charge in [-0.25, -0.2) is 4.98 Å². The maximum atomic E-state index is 13.7. The monoisotopic (exact) mass is 643 g/mol. The lowest BCUT2D eigenvalue weighted by Crippen LogP contribution is -2.67. The number of guanidine groups is 1. The fraction of sp³-hybridized carbons (Fsp3) is 0.483. The molecule has 0 spiro atoms. The van der Waals surface area contributed by atoms with Crippen LogP contribution in [0.15, 0.2) is 41.9 Å². The Labute approximate surface area is 263 Å². The molecule has 2 aromatic rings. The number of carbonyl (C=O) groups is 5. The molecule has 4 atom stereocenters. The molecule has 4 unspecified atom stereocenters. The number of aromatic nitrogens is 1. The maximum absolute atomic E-state index is 13.7. The second-order valence-electron chi connectivity index (χ2n) is 10.7. The summed E-state index contributed by atoms with van der Waals surface area (Å²) in [6, 6.07) is 7.46. The average molecular weight is 644 g/mol. The van der Waals surface area contributed by atoms with Gasteiger partial charge in [-0.15, -0.1) is 23.1 Å². The summed E-state index contributed by atoms with van der Waals surface area (Å²) in [5.41, 5.74) is 6.34. The Hall–Kier alpha value is -3.98. The molecule has 0 aliphatic carbocycles. The number of Topliss-reactive ketones (excluding diaryl/α,β-unsaturated/α-hetero) is 1. The van der Waals surface area contributed by atoms with E-state index in [0.29, 0.717) is 31.6 Å². The van der Waals surface area contributed by atoms with Crippen LogP contribution in [-0.2, 0) is 25.6 Å². The van der Waals surface area contributed by atoms with Crippen molar-refractivity contribution in [3.8, 4) is 0 Å². The second-order valence-corrected chi connectivity index (χ2v) is 12.8. The van der Waals surface area contributed by atoms with E-state index in [2.05, 4.69) is 15.6 Å². The normalized spacial score (nSPS) is 20.4. The molecule has 13 nitrogen and oxygen atoms in total. The molecule has 4 rings (SSSR count). The van der Waals surface area contributed by atoms with Gasteiger partial charge >= 0.3 is 5.97 Å². The fourth-order valence-corrected chi connectivity index (χ4v) is 7.22. The van der Waals surface area contributed by atoms with Crippen LogP contribution in [0.4, 0.5) is 0 Å². The van der Waals surface area contributed by atoms with E-state index in [1.807, 2.05) is 30.3 Å². The SMILES string of the molecule is N=C(N)NCCCC(NC(=O)C1CN2C(=O)C(CCC(=O)O)N(C(=O)CCc3ccccc3)CC2CS1)C(=O)c1nccs1. The predicted octanol–water partition coefficient (Wildman–Crippen LogP) is 1.09. The summed E-state index contributed by atoms with van der Waals surface area (Å²) in [7, 11) is 0. The van der Waals surface area contributed by atoms with E-state index < -0.39 is 23.3 Å². The summed E-state index contributed by atoms with van der Waals surface area (Å²) >= 11 is 2.55. The van der Waals surface area contributed by atoms with Crippen LogP contribution >= 0.6 is 23.1 Å². The Bertz CT molecular complexity index is 1340. The first-order valence-electron chi connectivity index (χ1n) is 14.4. The van der Waals surface area contributed by atoms with Gasteiger partial charge in [-0.1, -0.05) is 30.3 Å². The lowest BCUT2D eigenvalue weighted by atomic mass is 9.99. The quantitative estimate of drug-likeness (QED) is 0.0860. The number of piperazine rings is 1.